The Balaban J connectivity index is 3.65. The molecule has 0 bridgehead atoms. The predicted molar refractivity (Wildman–Crippen MR) is 55.2 cm³/mol. The number of nitrogens with one attached hydrogen (secondary N) is 2. The molecule has 6 nitrogen and oxygen atoms in total. The largest absolute Gasteiger partial charge is 0.453 e. The van der Waals surface area contributed by atoms with Crippen molar-refractivity contribution in [2.45, 2.75) is 12.8 Å². The number of nitrogens with two attached hydrogens (primary N) is 1. The summed E-state index contributed by atoms with van der Waals surface area (Å²) >= 11 is 0. The minimum Gasteiger partial charge on any atom is -0.453 e. The van der Waals surface area contributed by atoms with Gasteiger partial charge in [-0.1, -0.05) is 0 Å². The summed E-state index contributed by atoms with van der Waals surface area (Å²) in [4.78, 5) is 14.6. The highest BCUT2D eigenvalue weighted by molar-refractivity contribution is 5.93. The molecule has 0 saturated heterocycles. The van der Waals surface area contributed by atoms with Crippen molar-refractivity contribution in [1.82, 2.24) is 10.6 Å². The summed E-state index contributed by atoms with van der Waals surface area (Å²) in [5, 5.41) is 5.39. The van der Waals surface area contributed by atoms with Crippen LogP contribution in [0.3, 0.4) is 0 Å². The van der Waals surface area contributed by atoms with E-state index in [-0.39, 0.29) is 0 Å². The van der Waals surface area contributed by atoms with Crippen LogP contribution >= 0.6 is 0 Å². The van der Waals surface area contributed by atoms with Crippen LogP contribution < -0.4 is 16.4 Å². The molecule has 0 aromatic rings. The molecule has 0 aromatic heterocycles. The zero-order valence-corrected chi connectivity index (χ0v) is 8.67. The number of nitrogens with zero attached hydrogens (tertiary/aromatic N) is 1. The number of hydrogen-bond acceptors (Lipinski definition) is 4. The lowest BCUT2D eigenvalue weighted by atomic mass is 10.3. The highest BCUT2D eigenvalue weighted by atomic mass is 16.5. The average Bonchev–Trinajstić information content (AvgIpc) is 2.22. The van der Waals surface area contributed by atoms with Crippen molar-refractivity contribution in [1.29, 1.82) is 0 Å². The van der Waals surface area contributed by atoms with Crippen molar-refractivity contribution >= 4 is 12.1 Å². The van der Waals surface area contributed by atoms with Crippen LogP contribution in [-0.2, 0) is 4.74 Å². The first-order valence-corrected chi connectivity index (χ1v) is 4.50. The Bertz CT molecular complexity index is 194. The number of carbonyl (C=O) groups is 1. The Morgan fingerprint density at radius 1 is 1.50 bits per heavy atom. The molecular weight excluding hydrogens is 184 g/mol. The van der Waals surface area contributed by atoms with Crippen LogP contribution in [0.15, 0.2) is 4.99 Å². The molecule has 4 N–H and O–H groups in total. The number of rotatable bonds is 4. The second-order valence-electron chi connectivity index (χ2n) is 2.61. The lowest BCUT2D eigenvalue weighted by Gasteiger charge is -2.09. The van der Waals surface area contributed by atoms with Crippen LogP contribution in [0.1, 0.15) is 12.8 Å². The van der Waals surface area contributed by atoms with Gasteiger partial charge in [-0.2, -0.15) is 0 Å². The monoisotopic (exact) mass is 202 g/mol. The molecule has 0 spiro atoms. The maximum absolute atomic E-state index is 10.8. The minimum atomic E-state index is -0.531. The van der Waals surface area contributed by atoms with Gasteiger partial charge in [-0.25, -0.2) is 4.79 Å². The summed E-state index contributed by atoms with van der Waals surface area (Å²) in [6.45, 7) is 1.40. The molecule has 82 valence electrons. The molecule has 0 aliphatic carbocycles. The van der Waals surface area contributed by atoms with Crippen molar-refractivity contribution in [2.24, 2.45) is 10.7 Å². The molecule has 0 aliphatic rings. The molecule has 0 aliphatic heterocycles. The molecule has 0 atom stereocenters. The molecule has 0 rings (SSSR count). The summed E-state index contributed by atoms with van der Waals surface area (Å²) in [5.41, 5.74) is 5.33. The summed E-state index contributed by atoms with van der Waals surface area (Å²) < 4.78 is 4.42. The van der Waals surface area contributed by atoms with Crippen LogP contribution in [-0.4, -0.2) is 39.3 Å². The van der Waals surface area contributed by atoms with Crippen LogP contribution in [0, 0.1) is 0 Å². The topological polar surface area (TPSA) is 88.7 Å². The molecule has 0 radical (unpaired) electrons. The predicted octanol–water partition coefficient (Wildman–Crippen LogP) is -0.343. The van der Waals surface area contributed by atoms with E-state index in [1.165, 1.54) is 7.11 Å². The van der Waals surface area contributed by atoms with Gasteiger partial charge in [0.2, 0.25) is 5.96 Å². The summed E-state index contributed by atoms with van der Waals surface area (Å²) in [6.07, 6.45) is 1.36. The third-order valence-corrected chi connectivity index (χ3v) is 1.55. The van der Waals surface area contributed by atoms with Gasteiger partial charge in [0, 0.05) is 13.6 Å². The van der Waals surface area contributed by atoms with Crippen molar-refractivity contribution in [2.75, 3.05) is 27.2 Å². The second-order valence-corrected chi connectivity index (χ2v) is 2.61. The van der Waals surface area contributed by atoms with Crippen LogP contribution in [0.4, 0.5) is 4.79 Å². The lowest BCUT2D eigenvalue weighted by molar-refractivity contribution is 0.176. The van der Waals surface area contributed by atoms with Crippen LogP contribution in [0.25, 0.3) is 0 Å². The van der Waals surface area contributed by atoms with Gasteiger partial charge < -0.3 is 15.8 Å². The Morgan fingerprint density at radius 3 is 2.71 bits per heavy atom. The van der Waals surface area contributed by atoms with Crippen LogP contribution in [0.2, 0.25) is 0 Å². The number of alkyl carbamates (subject to hydrolysis) is 1. The van der Waals surface area contributed by atoms with Crippen molar-refractivity contribution in [3.63, 3.8) is 0 Å². The lowest BCUT2D eigenvalue weighted by Crippen LogP contribution is -2.41. The fourth-order valence-corrected chi connectivity index (χ4v) is 0.803. The second kappa shape index (κ2) is 8.31. The molecule has 0 unspecified atom stereocenters. The highest BCUT2D eigenvalue weighted by Gasteiger charge is 2.02. The number of carbonyl (C=O) groups excluding carboxylic acids is 1. The van der Waals surface area contributed by atoms with E-state index in [1.807, 2.05) is 0 Å². The van der Waals surface area contributed by atoms with E-state index in [0.717, 1.165) is 19.4 Å². The summed E-state index contributed by atoms with van der Waals surface area (Å²) in [6, 6.07) is 0. The molecular formula is C8H18N4O2. The van der Waals surface area contributed by atoms with Crippen LogP contribution in [0.5, 0.6) is 0 Å². The summed E-state index contributed by atoms with van der Waals surface area (Å²) in [7, 11) is 2.89. The van der Waals surface area contributed by atoms with E-state index < -0.39 is 6.09 Å². The Labute approximate surface area is 83.9 Å². The smallest absolute Gasteiger partial charge is 0.413 e. The number of hydrogen-bond donors (Lipinski definition) is 3. The van der Waals surface area contributed by atoms with Gasteiger partial charge in [-0.3, -0.25) is 10.3 Å². The third-order valence-electron chi connectivity index (χ3n) is 1.55. The first-order chi connectivity index (χ1) is 6.74. The Kier molecular flexibility index (Phi) is 7.53. The molecule has 1 amide bonds. The zero-order valence-electron chi connectivity index (χ0n) is 8.67. The molecule has 6 heteroatoms. The normalized spacial score (nSPS) is 10.9. The van der Waals surface area contributed by atoms with E-state index in [1.54, 1.807) is 7.05 Å². The number of guanidine groups is 1. The maximum Gasteiger partial charge on any atom is 0.413 e. The number of unbranched alkanes of at least 4 members (excludes halogenated alkanes) is 1. The standard InChI is InChI=1S/C8H18N4O2/c1-10-7(12-8(13)14-2)11-6-4-3-5-9/h3-6,9H2,1-2H3,(H2,10,11,12,13). The van der Waals surface area contributed by atoms with E-state index in [0.29, 0.717) is 12.5 Å². The average molecular weight is 202 g/mol. The number of aliphatic imine (C=N–C) groups is 1. The molecule has 0 fully saturated rings. The number of methoxy groups -OCH3 is 1. The molecule has 0 heterocycles. The Morgan fingerprint density at radius 2 is 2.21 bits per heavy atom. The first-order valence-electron chi connectivity index (χ1n) is 4.50. The Hall–Kier alpha value is -1.30. The van der Waals surface area contributed by atoms with E-state index in [9.17, 15) is 4.79 Å². The van der Waals surface area contributed by atoms with E-state index in [4.69, 9.17) is 5.73 Å². The maximum atomic E-state index is 10.8. The number of ether oxygens (including phenoxy) is 1. The van der Waals surface area contributed by atoms with Gasteiger partial charge in [0.25, 0.3) is 0 Å². The summed E-state index contributed by atoms with van der Waals surface area (Å²) in [5.74, 6) is 0.411. The molecule has 0 saturated carbocycles. The van der Waals surface area contributed by atoms with Gasteiger partial charge in [-0.05, 0) is 19.4 Å². The van der Waals surface area contributed by atoms with E-state index in [2.05, 4.69) is 20.4 Å². The van der Waals surface area contributed by atoms with Gasteiger partial charge in [0.1, 0.15) is 0 Å². The van der Waals surface area contributed by atoms with Gasteiger partial charge in [0.15, 0.2) is 0 Å². The first kappa shape index (κ1) is 12.7. The zero-order chi connectivity index (χ0) is 10.8. The van der Waals surface area contributed by atoms with Gasteiger partial charge >= 0.3 is 6.09 Å². The minimum absolute atomic E-state index is 0.411. The van der Waals surface area contributed by atoms with Gasteiger partial charge in [0.05, 0.1) is 7.11 Å². The molecule has 0 aromatic carbocycles. The van der Waals surface area contributed by atoms with Gasteiger partial charge in [-0.15, -0.1) is 0 Å². The van der Waals surface area contributed by atoms with Crippen molar-refractivity contribution < 1.29 is 9.53 Å². The van der Waals surface area contributed by atoms with Crippen molar-refractivity contribution in [3.05, 3.63) is 0 Å². The highest BCUT2D eigenvalue weighted by Crippen LogP contribution is 1.82. The fourth-order valence-electron chi connectivity index (χ4n) is 0.803. The quantitative estimate of drug-likeness (QED) is 0.330. The fraction of sp³-hybridized carbons (Fsp3) is 0.750. The number of amides is 1. The van der Waals surface area contributed by atoms with Crippen molar-refractivity contribution in [3.8, 4) is 0 Å². The third kappa shape index (κ3) is 6.24. The van der Waals surface area contributed by atoms with E-state index >= 15 is 0 Å². The SMILES string of the molecule is CN=C(NCCCCN)NC(=O)OC. The molecule has 14 heavy (non-hydrogen) atoms.